The summed E-state index contributed by atoms with van der Waals surface area (Å²) in [7, 11) is 0. The smallest absolute Gasteiger partial charge is 0.0870 e. The van der Waals surface area contributed by atoms with Gasteiger partial charge in [0.25, 0.3) is 0 Å². The molecule has 1 atom stereocenters. The maximum absolute atomic E-state index is 5.93. The Morgan fingerprint density at radius 1 is 1.43 bits per heavy atom. The van der Waals surface area contributed by atoms with Crippen LogP contribution >= 0.6 is 11.6 Å². The number of benzene rings is 1. The number of hydrogen-bond donors (Lipinski definition) is 1. The van der Waals surface area contributed by atoms with Crippen molar-refractivity contribution >= 4 is 23.5 Å². The molecule has 0 radical (unpaired) electrons. The quantitative estimate of drug-likeness (QED) is 0.751. The fraction of sp³-hybridized carbons (Fsp3) is 0.182. The molecule has 1 heterocycles. The molecule has 2 nitrogen and oxygen atoms in total. The van der Waals surface area contributed by atoms with E-state index in [1.54, 1.807) is 6.34 Å². The Morgan fingerprint density at radius 3 is 3.00 bits per heavy atom. The molecule has 0 aromatic heterocycles. The van der Waals surface area contributed by atoms with Gasteiger partial charge in [0.05, 0.1) is 12.4 Å². The molecule has 0 spiro atoms. The highest BCUT2D eigenvalue weighted by molar-refractivity contribution is 6.30. The molecule has 1 aromatic rings. The lowest BCUT2D eigenvalue weighted by Gasteiger charge is -2.16. The summed E-state index contributed by atoms with van der Waals surface area (Å²) in [6.45, 7) is 2.06. The van der Waals surface area contributed by atoms with E-state index in [2.05, 4.69) is 17.2 Å². The fourth-order valence-corrected chi connectivity index (χ4v) is 1.67. The molecule has 0 aliphatic carbocycles. The average Bonchev–Trinajstić information content (AvgIpc) is 2.18. The van der Waals surface area contributed by atoms with Gasteiger partial charge in [0.1, 0.15) is 0 Å². The summed E-state index contributed by atoms with van der Waals surface area (Å²) in [4.78, 5) is 4.27. The Balaban J connectivity index is 2.35. The van der Waals surface area contributed by atoms with Gasteiger partial charge in [-0.15, -0.1) is 0 Å². The largest absolute Gasteiger partial charge is 0.353 e. The van der Waals surface area contributed by atoms with Crippen LogP contribution in [0.2, 0.25) is 5.02 Å². The zero-order valence-electron chi connectivity index (χ0n) is 7.87. The average molecular weight is 207 g/mol. The summed E-state index contributed by atoms with van der Waals surface area (Å²) in [6.07, 6.45) is 3.67. The van der Waals surface area contributed by atoms with Crippen molar-refractivity contribution in [2.75, 3.05) is 0 Å². The first kappa shape index (κ1) is 9.28. The minimum absolute atomic E-state index is 0.190. The van der Waals surface area contributed by atoms with Crippen LogP contribution in [0.4, 0.5) is 0 Å². The van der Waals surface area contributed by atoms with E-state index in [0.717, 1.165) is 16.2 Å². The summed E-state index contributed by atoms with van der Waals surface area (Å²) >= 11 is 5.93. The predicted octanol–water partition coefficient (Wildman–Crippen LogP) is 2.70. The third-order valence-corrected chi connectivity index (χ3v) is 2.45. The molecule has 0 bridgehead atoms. The third-order valence-electron chi connectivity index (χ3n) is 2.22. The molecule has 72 valence electrons. The van der Waals surface area contributed by atoms with Crippen molar-refractivity contribution in [2.45, 2.75) is 13.0 Å². The fourth-order valence-electron chi connectivity index (χ4n) is 1.48. The van der Waals surface area contributed by atoms with Crippen LogP contribution in [0.15, 0.2) is 35.5 Å². The molecular formula is C11H11ClN2. The van der Waals surface area contributed by atoms with Gasteiger partial charge in [-0.1, -0.05) is 23.7 Å². The molecule has 3 heteroatoms. The molecule has 2 rings (SSSR count). The van der Waals surface area contributed by atoms with E-state index in [0.29, 0.717) is 0 Å². The van der Waals surface area contributed by atoms with Gasteiger partial charge in [-0.3, -0.25) is 4.99 Å². The summed E-state index contributed by atoms with van der Waals surface area (Å²) in [5.74, 6) is 0. The Labute approximate surface area is 88.3 Å². The van der Waals surface area contributed by atoms with Crippen LogP contribution in [-0.2, 0) is 0 Å². The highest BCUT2D eigenvalue weighted by Crippen LogP contribution is 2.23. The van der Waals surface area contributed by atoms with Crippen molar-refractivity contribution in [1.82, 2.24) is 5.32 Å². The van der Waals surface area contributed by atoms with E-state index >= 15 is 0 Å². The number of hydrogen-bond acceptors (Lipinski definition) is 2. The zero-order chi connectivity index (χ0) is 9.97. The van der Waals surface area contributed by atoms with E-state index in [4.69, 9.17) is 11.6 Å². The highest BCUT2D eigenvalue weighted by atomic mass is 35.5. The van der Waals surface area contributed by atoms with Gasteiger partial charge in [0.2, 0.25) is 0 Å². The summed E-state index contributed by atoms with van der Waals surface area (Å²) in [5, 5.41) is 3.74. The van der Waals surface area contributed by atoms with Crippen LogP contribution < -0.4 is 5.32 Å². The monoisotopic (exact) mass is 206 g/mol. The van der Waals surface area contributed by atoms with Gasteiger partial charge in [0.15, 0.2) is 0 Å². The van der Waals surface area contributed by atoms with Crippen molar-refractivity contribution in [3.05, 3.63) is 41.1 Å². The van der Waals surface area contributed by atoms with Gasteiger partial charge in [0, 0.05) is 11.2 Å². The Bertz CT molecular complexity index is 396. The first-order valence-corrected chi connectivity index (χ1v) is 4.89. The highest BCUT2D eigenvalue weighted by Gasteiger charge is 2.11. The van der Waals surface area contributed by atoms with Crippen LogP contribution in [0.3, 0.4) is 0 Å². The Hall–Kier alpha value is -1.28. The minimum atomic E-state index is 0.190. The molecule has 0 fully saturated rings. The number of nitrogens with zero attached hydrogens (tertiary/aromatic N) is 1. The number of nitrogens with one attached hydrogen (secondary N) is 1. The molecule has 1 aliphatic rings. The zero-order valence-corrected chi connectivity index (χ0v) is 8.62. The molecular weight excluding hydrogens is 196 g/mol. The molecule has 0 amide bonds. The van der Waals surface area contributed by atoms with Gasteiger partial charge >= 0.3 is 0 Å². The molecule has 0 saturated heterocycles. The molecule has 14 heavy (non-hydrogen) atoms. The molecule has 1 unspecified atom stereocenters. The summed E-state index contributed by atoms with van der Waals surface area (Å²) < 4.78 is 0. The van der Waals surface area contributed by atoms with Crippen LogP contribution in [0.25, 0.3) is 5.57 Å². The first-order valence-electron chi connectivity index (χ1n) is 4.51. The lowest BCUT2D eigenvalue weighted by atomic mass is 10.0. The van der Waals surface area contributed by atoms with E-state index in [9.17, 15) is 0 Å². The number of aliphatic imine (C=N–C) groups is 1. The van der Waals surface area contributed by atoms with Crippen molar-refractivity contribution in [3.63, 3.8) is 0 Å². The predicted molar refractivity (Wildman–Crippen MR) is 60.5 cm³/mol. The molecule has 1 aromatic carbocycles. The van der Waals surface area contributed by atoms with E-state index in [1.165, 1.54) is 0 Å². The summed E-state index contributed by atoms with van der Waals surface area (Å²) in [5.41, 5.74) is 2.28. The van der Waals surface area contributed by atoms with Crippen molar-refractivity contribution < 1.29 is 0 Å². The van der Waals surface area contributed by atoms with Crippen molar-refractivity contribution in [2.24, 2.45) is 4.99 Å². The minimum Gasteiger partial charge on any atom is -0.353 e. The number of rotatable bonds is 1. The Morgan fingerprint density at radius 2 is 2.29 bits per heavy atom. The first-order chi connectivity index (χ1) is 6.77. The van der Waals surface area contributed by atoms with Crippen molar-refractivity contribution in [1.29, 1.82) is 0 Å². The third kappa shape index (κ3) is 1.80. The second-order valence-electron chi connectivity index (χ2n) is 3.23. The standard InChI is InChI=1S/C11H11ClN2/c1-8-11(6-13-7-14-8)9-3-2-4-10(12)5-9/h2-8H,1H3,(H,13,14). The van der Waals surface area contributed by atoms with Gasteiger partial charge in [-0.25, -0.2) is 0 Å². The second kappa shape index (κ2) is 3.84. The normalized spacial score (nSPS) is 20.1. The molecule has 1 N–H and O–H groups in total. The lowest BCUT2D eigenvalue weighted by molar-refractivity contribution is 0.919. The van der Waals surface area contributed by atoms with Crippen LogP contribution in [0.5, 0.6) is 0 Å². The topological polar surface area (TPSA) is 24.4 Å². The van der Waals surface area contributed by atoms with Crippen LogP contribution in [-0.4, -0.2) is 12.4 Å². The lowest BCUT2D eigenvalue weighted by Crippen LogP contribution is -2.16. The maximum Gasteiger partial charge on any atom is 0.0870 e. The van der Waals surface area contributed by atoms with Crippen LogP contribution in [0.1, 0.15) is 12.5 Å². The van der Waals surface area contributed by atoms with Crippen molar-refractivity contribution in [3.8, 4) is 0 Å². The second-order valence-corrected chi connectivity index (χ2v) is 3.67. The molecule has 0 saturated carbocycles. The van der Waals surface area contributed by atoms with Crippen LogP contribution in [0, 0.1) is 0 Å². The Kier molecular flexibility index (Phi) is 2.55. The van der Waals surface area contributed by atoms with E-state index in [1.807, 2.05) is 30.5 Å². The van der Waals surface area contributed by atoms with Gasteiger partial charge in [-0.05, 0) is 30.2 Å². The van der Waals surface area contributed by atoms with E-state index < -0.39 is 0 Å². The van der Waals surface area contributed by atoms with Gasteiger partial charge in [-0.2, -0.15) is 0 Å². The summed E-state index contributed by atoms with van der Waals surface area (Å²) in [6, 6.07) is 8.00. The maximum atomic E-state index is 5.93. The SMILES string of the molecule is CC1N=CNC=C1c1cccc(Cl)c1. The number of halogens is 1. The van der Waals surface area contributed by atoms with E-state index in [-0.39, 0.29) is 6.04 Å². The van der Waals surface area contributed by atoms with Gasteiger partial charge < -0.3 is 5.32 Å². The molecule has 1 aliphatic heterocycles.